The summed E-state index contributed by atoms with van der Waals surface area (Å²) in [5.41, 5.74) is 5.22. The summed E-state index contributed by atoms with van der Waals surface area (Å²) in [5, 5.41) is 3.17. The van der Waals surface area contributed by atoms with E-state index in [0.29, 0.717) is 0 Å². The topological polar surface area (TPSA) is 12.0 Å². The van der Waals surface area contributed by atoms with Gasteiger partial charge in [-0.2, -0.15) is 0 Å². The summed E-state index contributed by atoms with van der Waals surface area (Å²) < 4.78 is 0. The molecule has 0 unspecified atom stereocenters. The Morgan fingerprint density at radius 1 is 1.04 bits per heavy atom. The molecule has 150 valence electrons. The molecule has 1 aromatic rings. The second-order valence-electron chi connectivity index (χ2n) is 6.96. The molecule has 1 aromatic carbocycles. The van der Waals surface area contributed by atoms with E-state index in [1.807, 2.05) is 20.8 Å². The first-order chi connectivity index (χ1) is 12.4. The molecule has 0 aliphatic carbocycles. The van der Waals surface area contributed by atoms with Crippen LogP contribution in [0.3, 0.4) is 0 Å². The lowest BCUT2D eigenvalue weighted by Gasteiger charge is -2.16. The van der Waals surface area contributed by atoms with Crippen molar-refractivity contribution < 1.29 is 0 Å². The molecule has 0 atom stereocenters. The van der Waals surface area contributed by atoms with Gasteiger partial charge in [0.15, 0.2) is 0 Å². The standard InChI is InChI=1S/C14H22.C9H17N.C2H6/c1-4-7-13(8-5-2)14-10-6-9-12(3)11-14;1-8(2)6-5-7-10-9(3)4;1-2/h6,9-11,13H,4-5,7-8H2,1-3H3;10H,1,3,5-7H2,2,4H3;1-2H3. The average Bonchev–Trinajstić information content (AvgIpc) is 2.60. The summed E-state index contributed by atoms with van der Waals surface area (Å²) in [7, 11) is 0. The Morgan fingerprint density at radius 2 is 1.62 bits per heavy atom. The lowest BCUT2D eigenvalue weighted by atomic mass is 9.90. The van der Waals surface area contributed by atoms with Crippen LogP contribution in [0, 0.1) is 6.92 Å². The molecule has 1 rings (SSSR count). The molecule has 26 heavy (non-hydrogen) atoms. The molecular weight excluding hydrogens is 314 g/mol. The van der Waals surface area contributed by atoms with E-state index < -0.39 is 0 Å². The number of allylic oxidation sites excluding steroid dienone is 2. The van der Waals surface area contributed by atoms with Crippen LogP contribution >= 0.6 is 0 Å². The van der Waals surface area contributed by atoms with E-state index >= 15 is 0 Å². The predicted octanol–water partition coefficient (Wildman–Crippen LogP) is 8.17. The molecule has 0 aliphatic rings. The summed E-state index contributed by atoms with van der Waals surface area (Å²) in [6, 6.07) is 8.99. The van der Waals surface area contributed by atoms with E-state index in [-0.39, 0.29) is 0 Å². The highest BCUT2D eigenvalue weighted by Gasteiger charge is 2.08. The van der Waals surface area contributed by atoms with E-state index in [2.05, 4.69) is 70.4 Å². The summed E-state index contributed by atoms with van der Waals surface area (Å²) in [5.74, 6) is 0.782. The molecule has 0 aliphatic heterocycles. The largest absolute Gasteiger partial charge is 0.389 e. The van der Waals surface area contributed by atoms with Gasteiger partial charge in [0.05, 0.1) is 0 Å². The van der Waals surface area contributed by atoms with Gasteiger partial charge in [-0.3, -0.25) is 0 Å². The van der Waals surface area contributed by atoms with Crippen LogP contribution in [0.1, 0.15) is 97.1 Å². The Balaban J connectivity index is 0. The van der Waals surface area contributed by atoms with Gasteiger partial charge < -0.3 is 5.32 Å². The zero-order valence-electron chi connectivity index (χ0n) is 18.8. The van der Waals surface area contributed by atoms with Gasteiger partial charge in [0, 0.05) is 12.2 Å². The van der Waals surface area contributed by atoms with Crippen molar-refractivity contribution in [2.24, 2.45) is 0 Å². The molecule has 0 aromatic heterocycles. The third kappa shape index (κ3) is 16.0. The number of benzene rings is 1. The van der Waals surface area contributed by atoms with E-state index in [1.54, 1.807) is 0 Å². The fourth-order valence-electron chi connectivity index (χ4n) is 2.79. The molecule has 0 spiro atoms. The lowest BCUT2D eigenvalue weighted by molar-refractivity contribution is 0.560. The number of nitrogens with one attached hydrogen (secondary N) is 1. The van der Waals surface area contributed by atoms with Crippen molar-refractivity contribution in [1.82, 2.24) is 5.32 Å². The maximum atomic E-state index is 3.82. The number of hydrogen-bond donors (Lipinski definition) is 1. The van der Waals surface area contributed by atoms with Crippen molar-refractivity contribution in [2.45, 2.75) is 92.9 Å². The Hall–Kier alpha value is -1.50. The summed E-state index contributed by atoms with van der Waals surface area (Å²) in [4.78, 5) is 0. The molecule has 0 amide bonds. The molecule has 1 heteroatoms. The van der Waals surface area contributed by atoms with Gasteiger partial charge in [0.25, 0.3) is 0 Å². The Bertz CT molecular complexity index is 451. The van der Waals surface area contributed by atoms with Gasteiger partial charge >= 0.3 is 0 Å². The van der Waals surface area contributed by atoms with Crippen LogP contribution in [-0.2, 0) is 0 Å². The van der Waals surface area contributed by atoms with Crippen molar-refractivity contribution >= 4 is 0 Å². The monoisotopic (exact) mass is 359 g/mol. The lowest BCUT2D eigenvalue weighted by Crippen LogP contribution is -2.11. The maximum absolute atomic E-state index is 3.82. The van der Waals surface area contributed by atoms with Gasteiger partial charge in [-0.05, 0) is 57.9 Å². The summed E-state index contributed by atoms with van der Waals surface area (Å²) >= 11 is 0. The molecule has 0 heterocycles. The smallest absolute Gasteiger partial charge is 0.0146 e. The minimum atomic E-state index is 0.782. The molecule has 1 nitrogen and oxygen atoms in total. The zero-order valence-corrected chi connectivity index (χ0v) is 18.8. The van der Waals surface area contributed by atoms with Crippen LogP contribution in [0.15, 0.2) is 48.7 Å². The fraction of sp³-hybridized carbons (Fsp3) is 0.600. The van der Waals surface area contributed by atoms with Gasteiger partial charge in [-0.15, -0.1) is 6.58 Å². The Morgan fingerprint density at radius 3 is 2.04 bits per heavy atom. The van der Waals surface area contributed by atoms with E-state index in [1.165, 1.54) is 42.4 Å². The van der Waals surface area contributed by atoms with Crippen LogP contribution in [0.4, 0.5) is 0 Å². The van der Waals surface area contributed by atoms with E-state index in [4.69, 9.17) is 0 Å². The summed E-state index contributed by atoms with van der Waals surface area (Å²) in [6.45, 7) is 23.3. The van der Waals surface area contributed by atoms with Crippen molar-refractivity contribution in [2.75, 3.05) is 6.54 Å². The van der Waals surface area contributed by atoms with Crippen molar-refractivity contribution in [3.63, 3.8) is 0 Å². The third-order valence-electron chi connectivity index (χ3n) is 3.99. The van der Waals surface area contributed by atoms with Gasteiger partial charge in [-0.1, -0.05) is 82.5 Å². The average molecular weight is 360 g/mol. The number of aryl methyl sites for hydroxylation is 1. The molecule has 0 fully saturated rings. The number of rotatable bonds is 10. The van der Waals surface area contributed by atoms with Crippen molar-refractivity contribution in [3.8, 4) is 0 Å². The molecular formula is C25H45N. The molecule has 0 radical (unpaired) electrons. The molecule has 1 N–H and O–H groups in total. The van der Waals surface area contributed by atoms with Crippen LogP contribution in [0.5, 0.6) is 0 Å². The second-order valence-corrected chi connectivity index (χ2v) is 6.96. The van der Waals surface area contributed by atoms with Crippen LogP contribution < -0.4 is 5.32 Å². The summed E-state index contributed by atoms with van der Waals surface area (Å²) in [6.07, 6.45) is 7.51. The molecule has 0 saturated carbocycles. The molecule has 0 saturated heterocycles. The first-order valence-corrected chi connectivity index (χ1v) is 10.5. The minimum absolute atomic E-state index is 0.782. The van der Waals surface area contributed by atoms with Crippen molar-refractivity contribution in [1.29, 1.82) is 0 Å². The first kappa shape index (κ1) is 26.7. The predicted molar refractivity (Wildman–Crippen MR) is 122 cm³/mol. The van der Waals surface area contributed by atoms with Crippen LogP contribution in [0.25, 0.3) is 0 Å². The van der Waals surface area contributed by atoms with E-state index in [0.717, 1.165) is 31.0 Å². The third-order valence-corrected chi connectivity index (χ3v) is 3.99. The number of hydrogen-bond acceptors (Lipinski definition) is 1. The van der Waals surface area contributed by atoms with Gasteiger partial charge in [-0.25, -0.2) is 0 Å². The second kappa shape index (κ2) is 18.3. The van der Waals surface area contributed by atoms with Gasteiger partial charge in [0.1, 0.15) is 0 Å². The Kier molecular flexibility index (Phi) is 18.8. The normalized spacial score (nSPS) is 9.54. The first-order valence-electron chi connectivity index (χ1n) is 10.5. The Labute approximate surface area is 165 Å². The van der Waals surface area contributed by atoms with E-state index in [9.17, 15) is 0 Å². The maximum Gasteiger partial charge on any atom is 0.0146 e. The SMILES string of the molecule is C=C(C)CCCNC(=C)C.CC.CCCC(CCC)c1cccc(C)c1. The van der Waals surface area contributed by atoms with Crippen LogP contribution in [-0.4, -0.2) is 6.54 Å². The van der Waals surface area contributed by atoms with Crippen molar-refractivity contribution in [3.05, 3.63) is 59.8 Å². The zero-order chi connectivity index (χ0) is 20.4. The minimum Gasteiger partial charge on any atom is -0.389 e. The quantitative estimate of drug-likeness (QED) is 0.328. The molecule has 0 bridgehead atoms. The fourth-order valence-corrected chi connectivity index (χ4v) is 2.79. The van der Waals surface area contributed by atoms with Crippen LogP contribution in [0.2, 0.25) is 0 Å². The van der Waals surface area contributed by atoms with Gasteiger partial charge in [0.2, 0.25) is 0 Å². The highest BCUT2D eigenvalue weighted by molar-refractivity contribution is 5.25. The highest BCUT2D eigenvalue weighted by Crippen LogP contribution is 2.26. The highest BCUT2D eigenvalue weighted by atomic mass is 14.9.